The lowest BCUT2D eigenvalue weighted by atomic mass is 9.59. The lowest BCUT2D eigenvalue weighted by molar-refractivity contribution is -0.126. The fraction of sp³-hybridized carbons (Fsp3) is 0.360. The smallest absolute Gasteiger partial charge is 0.231 e. The van der Waals surface area contributed by atoms with Crippen LogP contribution in [0.5, 0.6) is 5.75 Å². The number of ketones is 2. The molecular formula is C25H23NO6. The summed E-state index contributed by atoms with van der Waals surface area (Å²) in [7, 11) is 0. The number of nitrogens with one attached hydrogen (secondary N) is 1. The Hall–Kier alpha value is -3.32. The average Bonchev–Trinajstić information content (AvgIpc) is 3.08. The summed E-state index contributed by atoms with van der Waals surface area (Å²) < 4.78 is 5.76. The van der Waals surface area contributed by atoms with Crippen molar-refractivity contribution in [3.8, 4) is 5.75 Å². The van der Waals surface area contributed by atoms with Gasteiger partial charge in [0.05, 0.1) is 18.4 Å². The molecule has 1 aliphatic heterocycles. The molecule has 32 heavy (non-hydrogen) atoms. The first-order valence-corrected chi connectivity index (χ1v) is 10.8. The zero-order valence-electron chi connectivity index (χ0n) is 17.6. The van der Waals surface area contributed by atoms with Crippen LogP contribution in [0.3, 0.4) is 0 Å². The molecule has 1 aromatic carbocycles. The van der Waals surface area contributed by atoms with Crippen LogP contribution in [0, 0.1) is 17.8 Å². The molecule has 0 bridgehead atoms. The lowest BCUT2D eigenvalue weighted by Crippen LogP contribution is -2.39. The highest BCUT2D eigenvalue weighted by Crippen LogP contribution is 2.55. The Balaban J connectivity index is 1.71. The third kappa shape index (κ3) is 2.99. The van der Waals surface area contributed by atoms with Crippen molar-refractivity contribution in [2.24, 2.45) is 17.8 Å². The minimum atomic E-state index is -0.557. The number of imide groups is 1. The number of hydrogen-bond acceptors (Lipinski definition) is 6. The first-order chi connectivity index (χ1) is 15.4. The van der Waals surface area contributed by atoms with Crippen LogP contribution in [0.4, 0.5) is 0 Å². The molecule has 7 heteroatoms. The maximum absolute atomic E-state index is 13.2. The van der Waals surface area contributed by atoms with Crippen molar-refractivity contribution in [3.63, 3.8) is 0 Å². The van der Waals surface area contributed by atoms with Gasteiger partial charge >= 0.3 is 0 Å². The van der Waals surface area contributed by atoms with Crippen molar-refractivity contribution in [2.75, 3.05) is 13.2 Å². The van der Waals surface area contributed by atoms with E-state index in [2.05, 4.69) is 5.32 Å². The maximum Gasteiger partial charge on any atom is 0.231 e. The Morgan fingerprint density at radius 1 is 1.09 bits per heavy atom. The number of fused-ring (bicyclic) bond motifs is 3. The summed E-state index contributed by atoms with van der Waals surface area (Å²) >= 11 is 0. The summed E-state index contributed by atoms with van der Waals surface area (Å²) in [5, 5.41) is 11.7. The van der Waals surface area contributed by atoms with Crippen molar-refractivity contribution < 1.29 is 29.0 Å². The van der Waals surface area contributed by atoms with Gasteiger partial charge in [-0.25, -0.2) is 0 Å². The highest BCUT2D eigenvalue weighted by Gasteiger charge is 2.53. The monoisotopic (exact) mass is 433 g/mol. The van der Waals surface area contributed by atoms with Gasteiger partial charge in [-0.3, -0.25) is 24.5 Å². The summed E-state index contributed by atoms with van der Waals surface area (Å²) in [4.78, 5) is 51.3. The van der Waals surface area contributed by atoms with Gasteiger partial charge in [0, 0.05) is 28.2 Å². The Morgan fingerprint density at radius 2 is 1.88 bits per heavy atom. The van der Waals surface area contributed by atoms with E-state index in [0.29, 0.717) is 34.5 Å². The standard InChI is InChI=1S/C25H23NO6/c1-12-10-18(28)22-17(23(12)29)11-16-13(6-7-15-21(16)25(31)26-24(15)30)20(22)14-4-2-3-5-19(14)32-9-8-27/h2-6,10,15-16,20-21,27H,7-9,11H2,1H3,(H,26,30,31)/t15-,16+,20+,21-/m0/s1. The highest BCUT2D eigenvalue weighted by atomic mass is 16.5. The Morgan fingerprint density at radius 3 is 2.66 bits per heavy atom. The molecule has 4 aliphatic rings. The molecule has 1 heterocycles. The van der Waals surface area contributed by atoms with Gasteiger partial charge in [0.15, 0.2) is 11.6 Å². The van der Waals surface area contributed by atoms with Gasteiger partial charge in [-0.05, 0) is 37.8 Å². The van der Waals surface area contributed by atoms with Crippen molar-refractivity contribution in [3.05, 3.63) is 64.3 Å². The number of rotatable bonds is 4. The third-order valence-electron chi connectivity index (χ3n) is 6.98. The fourth-order valence-corrected chi connectivity index (χ4v) is 5.65. The molecule has 2 amide bonds. The third-order valence-corrected chi connectivity index (χ3v) is 6.98. The molecule has 0 radical (unpaired) electrons. The van der Waals surface area contributed by atoms with Gasteiger partial charge in [-0.1, -0.05) is 29.8 Å². The number of benzene rings is 1. The number of amides is 2. The predicted octanol–water partition coefficient (Wildman–Crippen LogP) is 1.77. The number of Topliss-reactive ketones (excluding diaryl/α,β-unsaturated/α-hetero) is 1. The molecule has 3 aliphatic carbocycles. The molecule has 0 spiro atoms. The largest absolute Gasteiger partial charge is 0.491 e. The molecule has 2 N–H and O–H groups in total. The molecule has 0 unspecified atom stereocenters. The zero-order valence-corrected chi connectivity index (χ0v) is 17.6. The minimum Gasteiger partial charge on any atom is -0.491 e. The van der Waals surface area contributed by atoms with Gasteiger partial charge < -0.3 is 9.84 Å². The van der Waals surface area contributed by atoms with E-state index in [1.165, 1.54) is 6.08 Å². The lowest BCUT2D eigenvalue weighted by Gasteiger charge is -2.42. The number of carbonyl (C=O) groups is 4. The van der Waals surface area contributed by atoms with Crippen LogP contribution in [0.2, 0.25) is 0 Å². The number of aliphatic hydroxyl groups is 1. The number of carbonyl (C=O) groups excluding carboxylic acids is 4. The first kappa shape index (κ1) is 20.6. The molecule has 1 saturated heterocycles. The van der Waals surface area contributed by atoms with Crippen LogP contribution >= 0.6 is 0 Å². The van der Waals surface area contributed by atoms with Crippen LogP contribution in [0.25, 0.3) is 0 Å². The van der Waals surface area contributed by atoms with Crippen molar-refractivity contribution in [1.29, 1.82) is 0 Å². The van der Waals surface area contributed by atoms with Crippen molar-refractivity contribution in [1.82, 2.24) is 5.32 Å². The molecule has 7 nitrogen and oxygen atoms in total. The van der Waals surface area contributed by atoms with E-state index in [1.54, 1.807) is 19.1 Å². The van der Waals surface area contributed by atoms with Gasteiger partial charge in [-0.2, -0.15) is 0 Å². The number of hydrogen-bond donors (Lipinski definition) is 2. The summed E-state index contributed by atoms with van der Waals surface area (Å²) in [6.07, 6.45) is 4.01. The van der Waals surface area contributed by atoms with Crippen LogP contribution in [-0.4, -0.2) is 41.7 Å². The second-order valence-electron chi connectivity index (χ2n) is 8.69. The molecule has 4 atom stereocenters. The molecule has 0 aromatic heterocycles. The second kappa shape index (κ2) is 7.67. The van der Waals surface area contributed by atoms with Gasteiger partial charge in [0.2, 0.25) is 11.8 Å². The fourth-order valence-electron chi connectivity index (χ4n) is 5.65. The topological polar surface area (TPSA) is 110 Å². The molecule has 5 rings (SSSR count). The van der Waals surface area contributed by atoms with E-state index >= 15 is 0 Å². The minimum absolute atomic E-state index is 0.0889. The maximum atomic E-state index is 13.2. The van der Waals surface area contributed by atoms with E-state index < -0.39 is 17.8 Å². The molecule has 1 aromatic rings. The Bertz CT molecular complexity index is 1160. The summed E-state index contributed by atoms with van der Waals surface area (Å²) in [6.45, 7) is 1.55. The van der Waals surface area contributed by atoms with Gasteiger partial charge in [0.25, 0.3) is 0 Å². The van der Waals surface area contributed by atoms with Crippen LogP contribution in [0.15, 0.2) is 58.7 Å². The van der Waals surface area contributed by atoms with Crippen molar-refractivity contribution >= 4 is 23.4 Å². The Kier molecular flexibility index (Phi) is 4.93. The molecule has 0 saturated carbocycles. The van der Waals surface area contributed by atoms with Crippen LogP contribution in [0.1, 0.15) is 31.2 Å². The number of para-hydroxylation sites is 1. The summed E-state index contributed by atoms with van der Waals surface area (Å²) in [6, 6.07) is 7.25. The quantitative estimate of drug-likeness (QED) is 0.426. The second-order valence-corrected chi connectivity index (χ2v) is 8.69. The zero-order chi connectivity index (χ0) is 22.6. The number of allylic oxidation sites excluding steroid dienone is 6. The summed E-state index contributed by atoms with van der Waals surface area (Å²) in [5.41, 5.74) is 2.81. The van der Waals surface area contributed by atoms with Crippen LogP contribution in [-0.2, 0) is 19.2 Å². The SMILES string of the molecule is CC1=CC(=O)C2=C(C[C@@H]3C(=CC[C@@H]4C(=O)NC(=O)[C@@H]43)[C@@H]2c2ccccc2OCCO)C1=O. The average molecular weight is 433 g/mol. The van der Waals surface area contributed by atoms with E-state index in [0.717, 1.165) is 5.57 Å². The van der Waals surface area contributed by atoms with Crippen molar-refractivity contribution in [2.45, 2.75) is 25.7 Å². The van der Waals surface area contributed by atoms with E-state index in [9.17, 15) is 24.3 Å². The van der Waals surface area contributed by atoms with E-state index in [4.69, 9.17) is 4.74 Å². The van der Waals surface area contributed by atoms with Crippen LogP contribution < -0.4 is 10.1 Å². The van der Waals surface area contributed by atoms with E-state index in [-0.39, 0.29) is 48.9 Å². The van der Waals surface area contributed by atoms with Gasteiger partial charge in [0.1, 0.15) is 12.4 Å². The summed E-state index contributed by atoms with van der Waals surface area (Å²) in [5.74, 6) is -2.39. The number of aliphatic hydroxyl groups excluding tert-OH is 1. The number of ether oxygens (including phenoxy) is 1. The molecule has 1 fully saturated rings. The van der Waals surface area contributed by atoms with Gasteiger partial charge in [-0.15, -0.1) is 0 Å². The van der Waals surface area contributed by atoms with E-state index in [1.807, 2.05) is 18.2 Å². The Labute approximate surface area is 184 Å². The first-order valence-electron chi connectivity index (χ1n) is 10.8. The molecular weight excluding hydrogens is 410 g/mol. The normalized spacial score (nSPS) is 29.1. The predicted molar refractivity (Wildman–Crippen MR) is 113 cm³/mol. The molecule has 164 valence electrons. The highest BCUT2D eigenvalue weighted by molar-refractivity contribution is 6.23.